The van der Waals surface area contributed by atoms with Crippen molar-refractivity contribution in [2.45, 2.75) is 56.9 Å². The van der Waals surface area contributed by atoms with Crippen molar-refractivity contribution in [2.75, 3.05) is 17.1 Å². The number of nitrogens with one attached hydrogen (secondary N) is 2. The van der Waals surface area contributed by atoms with Crippen LogP contribution in [0.2, 0.25) is 0 Å². The van der Waals surface area contributed by atoms with Gasteiger partial charge in [0.2, 0.25) is 0 Å². The number of aryl methyl sites for hydroxylation is 2. The van der Waals surface area contributed by atoms with Gasteiger partial charge in [-0.15, -0.1) is 0 Å². The topological polar surface area (TPSA) is 101 Å². The molecular formula is C24H29N3O4S2. The molecule has 176 valence electrons. The Morgan fingerprint density at radius 3 is 2.55 bits per heavy atom. The van der Waals surface area contributed by atoms with Crippen LogP contribution >= 0.6 is 11.3 Å². The number of hydrogen-bond donors (Lipinski definition) is 3. The maximum atomic E-state index is 13.3. The number of rotatable bonds is 7. The van der Waals surface area contributed by atoms with Crippen molar-refractivity contribution in [3.63, 3.8) is 0 Å². The number of aromatic nitrogens is 1. The largest absolute Gasteiger partial charge is 0.508 e. The fraction of sp³-hybridized carbons (Fsp3) is 0.375. The zero-order chi connectivity index (χ0) is 23.6. The van der Waals surface area contributed by atoms with E-state index in [1.807, 2.05) is 13.0 Å². The van der Waals surface area contributed by atoms with Crippen molar-refractivity contribution in [3.05, 3.63) is 47.7 Å². The molecule has 0 spiro atoms. The van der Waals surface area contributed by atoms with Gasteiger partial charge in [0, 0.05) is 6.04 Å². The number of phenolic OH excluding ortho intramolecular Hbond substituents is 1. The van der Waals surface area contributed by atoms with Crippen molar-refractivity contribution >= 4 is 32.2 Å². The fourth-order valence-electron chi connectivity index (χ4n) is 4.14. The summed E-state index contributed by atoms with van der Waals surface area (Å²) in [6.45, 7) is 3.67. The highest BCUT2D eigenvalue weighted by atomic mass is 32.2. The monoisotopic (exact) mass is 487 g/mol. The molecule has 1 aromatic heterocycles. The van der Waals surface area contributed by atoms with Gasteiger partial charge in [-0.3, -0.25) is 4.72 Å². The SMILES string of the molecule is COc1ccc(-c2sc(NC3CCCCC3)nc2C)cc1S(=O)(=O)Nc1ccc(O)cc1C. The van der Waals surface area contributed by atoms with E-state index in [2.05, 4.69) is 10.0 Å². The van der Waals surface area contributed by atoms with Crippen LogP contribution in [-0.2, 0) is 10.0 Å². The summed E-state index contributed by atoms with van der Waals surface area (Å²) >= 11 is 1.54. The highest BCUT2D eigenvalue weighted by Gasteiger charge is 2.23. The highest BCUT2D eigenvalue weighted by molar-refractivity contribution is 7.92. The van der Waals surface area contributed by atoms with Crippen molar-refractivity contribution in [1.82, 2.24) is 4.98 Å². The van der Waals surface area contributed by atoms with E-state index in [0.717, 1.165) is 34.1 Å². The first kappa shape index (κ1) is 23.4. The van der Waals surface area contributed by atoms with Crippen molar-refractivity contribution in [1.29, 1.82) is 0 Å². The second kappa shape index (κ2) is 9.61. The van der Waals surface area contributed by atoms with E-state index in [1.54, 1.807) is 30.4 Å². The van der Waals surface area contributed by atoms with E-state index in [-0.39, 0.29) is 16.4 Å². The Kier molecular flexibility index (Phi) is 6.81. The number of phenols is 1. The van der Waals surface area contributed by atoms with E-state index in [9.17, 15) is 13.5 Å². The number of ether oxygens (including phenoxy) is 1. The van der Waals surface area contributed by atoms with Gasteiger partial charge in [-0.2, -0.15) is 0 Å². The van der Waals surface area contributed by atoms with Crippen LogP contribution < -0.4 is 14.8 Å². The predicted molar refractivity (Wildman–Crippen MR) is 133 cm³/mol. The smallest absolute Gasteiger partial charge is 0.265 e. The summed E-state index contributed by atoms with van der Waals surface area (Å²) in [6.07, 6.45) is 6.08. The number of anilines is 2. The third-order valence-electron chi connectivity index (χ3n) is 5.90. The molecule has 0 aliphatic heterocycles. The first-order chi connectivity index (χ1) is 15.8. The summed E-state index contributed by atoms with van der Waals surface area (Å²) in [5, 5.41) is 14.0. The lowest BCUT2D eigenvalue weighted by molar-refractivity contribution is 0.403. The molecule has 1 aliphatic carbocycles. The van der Waals surface area contributed by atoms with Gasteiger partial charge in [0.05, 0.1) is 23.4 Å². The minimum Gasteiger partial charge on any atom is -0.508 e. The second-order valence-electron chi connectivity index (χ2n) is 8.38. The molecule has 9 heteroatoms. The van der Waals surface area contributed by atoms with Crippen LogP contribution in [0.25, 0.3) is 10.4 Å². The molecule has 0 atom stereocenters. The minimum absolute atomic E-state index is 0.0459. The molecule has 0 bridgehead atoms. The normalized spacial score (nSPS) is 14.8. The van der Waals surface area contributed by atoms with Gasteiger partial charge < -0.3 is 15.2 Å². The first-order valence-electron chi connectivity index (χ1n) is 11.0. The highest BCUT2D eigenvalue weighted by Crippen LogP contribution is 2.38. The maximum Gasteiger partial charge on any atom is 0.265 e. The van der Waals surface area contributed by atoms with Crippen molar-refractivity contribution in [2.24, 2.45) is 0 Å². The standard InChI is InChI=1S/C24H29N3O4S2/c1-15-13-19(28)10-11-20(15)27-33(29,30)22-14-17(9-12-21(22)31-3)23-16(2)25-24(32-23)26-18-7-5-4-6-8-18/h9-14,18,27-28H,4-8H2,1-3H3,(H,25,26). The third-order valence-corrected chi connectivity index (χ3v) is 8.42. The Balaban J connectivity index is 1.65. The Bertz CT molecular complexity index is 1250. The zero-order valence-corrected chi connectivity index (χ0v) is 20.6. The Morgan fingerprint density at radius 2 is 1.85 bits per heavy atom. The number of benzene rings is 2. The summed E-state index contributed by atoms with van der Waals surface area (Å²) in [5.41, 5.74) is 2.64. The summed E-state index contributed by atoms with van der Waals surface area (Å²) in [7, 11) is -2.49. The summed E-state index contributed by atoms with van der Waals surface area (Å²) in [4.78, 5) is 5.66. The predicted octanol–water partition coefficient (Wildman–Crippen LogP) is 5.69. The number of thiazole rings is 1. The van der Waals surface area contributed by atoms with Crippen LogP contribution in [-0.4, -0.2) is 31.7 Å². The molecule has 4 rings (SSSR count). The van der Waals surface area contributed by atoms with Gasteiger partial charge in [-0.1, -0.05) is 30.6 Å². The number of methoxy groups -OCH3 is 1. The van der Waals surface area contributed by atoms with E-state index in [4.69, 9.17) is 9.72 Å². The van der Waals surface area contributed by atoms with E-state index in [1.165, 1.54) is 44.6 Å². The van der Waals surface area contributed by atoms with Gasteiger partial charge in [-0.05, 0) is 74.2 Å². The van der Waals surface area contributed by atoms with Crippen molar-refractivity contribution < 1.29 is 18.3 Å². The average molecular weight is 488 g/mol. The summed E-state index contributed by atoms with van der Waals surface area (Å²) in [6, 6.07) is 10.1. The molecule has 0 amide bonds. The number of aromatic hydroxyl groups is 1. The van der Waals surface area contributed by atoms with Gasteiger partial charge in [0.25, 0.3) is 10.0 Å². The van der Waals surface area contributed by atoms with Gasteiger partial charge in [0.1, 0.15) is 16.4 Å². The fourth-order valence-corrected chi connectivity index (χ4v) is 6.50. The van der Waals surface area contributed by atoms with Crippen LogP contribution in [0.4, 0.5) is 10.8 Å². The molecule has 1 heterocycles. The molecule has 33 heavy (non-hydrogen) atoms. The number of nitrogens with zero attached hydrogens (tertiary/aromatic N) is 1. The Labute approximate surface area is 198 Å². The second-order valence-corrected chi connectivity index (χ2v) is 11.0. The molecule has 3 N–H and O–H groups in total. The average Bonchev–Trinajstić information content (AvgIpc) is 3.15. The van der Waals surface area contributed by atoms with Crippen LogP contribution in [0.3, 0.4) is 0 Å². The molecule has 1 aliphatic rings. The lowest BCUT2D eigenvalue weighted by atomic mass is 9.96. The molecule has 0 saturated heterocycles. The molecule has 0 radical (unpaired) electrons. The molecule has 3 aromatic rings. The van der Waals surface area contributed by atoms with Gasteiger partial charge in [0.15, 0.2) is 5.13 Å². The quantitative estimate of drug-likeness (QED) is 0.370. The van der Waals surface area contributed by atoms with Crippen molar-refractivity contribution in [3.8, 4) is 21.9 Å². The number of sulfonamides is 1. The lowest BCUT2D eigenvalue weighted by Gasteiger charge is -2.22. The first-order valence-corrected chi connectivity index (χ1v) is 13.3. The Hall–Kier alpha value is -2.78. The molecule has 1 fully saturated rings. The lowest BCUT2D eigenvalue weighted by Crippen LogP contribution is -2.21. The molecule has 0 unspecified atom stereocenters. The van der Waals surface area contributed by atoms with Crippen LogP contribution in [0.5, 0.6) is 11.5 Å². The number of hydrogen-bond acceptors (Lipinski definition) is 7. The van der Waals surface area contributed by atoms with Crippen LogP contribution in [0.15, 0.2) is 41.3 Å². The molecule has 7 nitrogen and oxygen atoms in total. The van der Waals surface area contributed by atoms with Gasteiger partial charge in [-0.25, -0.2) is 13.4 Å². The summed E-state index contributed by atoms with van der Waals surface area (Å²) < 4.78 is 34.5. The zero-order valence-electron chi connectivity index (χ0n) is 19.0. The molecule has 1 saturated carbocycles. The molecule has 2 aromatic carbocycles. The molecular weight excluding hydrogens is 458 g/mol. The van der Waals surface area contributed by atoms with E-state index in [0.29, 0.717) is 17.3 Å². The van der Waals surface area contributed by atoms with Gasteiger partial charge >= 0.3 is 0 Å². The minimum atomic E-state index is -3.94. The third kappa shape index (κ3) is 5.25. The summed E-state index contributed by atoms with van der Waals surface area (Å²) in [5.74, 6) is 0.332. The van der Waals surface area contributed by atoms with E-state index < -0.39 is 10.0 Å². The van der Waals surface area contributed by atoms with Crippen LogP contribution in [0.1, 0.15) is 43.4 Å². The maximum absolute atomic E-state index is 13.3. The Morgan fingerprint density at radius 1 is 1.09 bits per heavy atom. The van der Waals surface area contributed by atoms with E-state index >= 15 is 0 Å². The van der Waals surface area contributed by atoms with Crippen LogP contribution in [0, 0.1) is 13.8 Å².